The molecule has 0 saturated heterocycles. The fourth-order valence-electron chi connectivity index (χ4n) is 2.45. The lowest BCUT2D eigenvalue weighted by atomic mass is 10.1. The third kappa shape index (κ3) is 1.91. The molecule has 1 aromatic carbocycles. The first-order chi connectivity index (χ1) is 10.2. The van der Waals surface area contributed by atoms with Gasteiger partial charge in [-0.05, 0) is 30.7 Å². The molecule has 0 unspecified atom stereocenters. The fourth-order valence-corrected chi connectivity index (χ4v) is 2.45. The van der Waals surface area contributed by atoms with Gasteiger partial charge < -0.3 is 9.72 Å². The molecule has 3 aromatic rings. The maximum absolute atomic E-state index is 5.21. The number of ether oxygens (including phenoxy) is 1. The summed E-state index contributed by atoms with van der Waals surface area (Å²) < 4.78 is 5.21. The van der Waals surface area contributed by atoms with Crippen molar-refractivity contribution in [2.75, 3.05) is 7.11 Å². The zero-order valence-electron chi connectivity index (χ0n) is 11.9. The second-order valence-electron chi connectivity index (χ2n) is 5.49. The number of rotatable bonds is 3. The Hall–Kier alpha value is -2.62. The van der Waals surface area contributed by atoms with E-state index in [0.29, 0.717) is 0 Å². The molecule has 0 aliphatic heterocycles. The summed E-state index contributed by atoms with van der Waals surface area (Å²) in [5.41, 5.74) is 3.89. The number of nitrogens with zero attached hydrogens (tertiary/aromatic N) is 2. The van der Waals surface area contributed by atoms with Crippen LogP contribution in [0.4, 0.5) is 0 Å². The lowest BCUT2D eigenvalue weighted by molar-refractivity contribution is 0.415. The molecule has 2 aromatic heterocycles. The molecule has 0 bridgehead atoms. The maximum atomic E-state index is 5.21. The summed E-state index contributed by atoms with van der Waals surface area (Å²) in [5, 5.41) is 0. The number of benzene rings is 1. The van der Waals surface area contributed by atoms with E-state index in [0.717, 1.165) is 33.9 Å². The van der Waals surface area contributed by atoms with Gasteiger partial charge in [-0.2, -0.15) is 0 Å². The topological polar surface area (TPSA) is 50.8 Å². The van der Waals surface area contributed by atoms with Gasteiger partial charge in [0.15, 0.2) is 5.65 Å². The number of aromatic nitrogens is 3. The number of imidazole rings is 1. The molecule has 2 heterocycles. The highest BCUT2D eigenvalue weighted by Crippen LogP contribution is 2.37. The van der Waals surface area contributed by atoms with Gasteiger partial charge in [0, 0.05) is 11.8 Å². The number of hydrogen-bond donors (Lipinski definition) is 1. The number of pyridine rings is 1. The van der Waals surface area contributed by atoms with Crippen LogP contribution in [0, 0.1) is 0 Å². The van der Waals surface area contributed by atoms with Crippen molar-refractivity contribution in [3.05, 3.63) is 54.5 Å². The number of fused-ring (bicyclic) bond motifs is 1. The van der Waals surface area contributed by atoms with Gasteiger partial charge in [-0.1, -0.05) is 24.3 Å². The Morgan fingerprint density at radius 1 is 1.10 bits per heavy atom. The minimum atomic E-state index is -0.0299. The highest BCUT2D eigenvalue weighted by Gasteiger charge is 2.33. The molecule has 104 valence electrons. The first kappa shape index (κ1) is 12.1. The van der Waals surface area contributed by atoms with Crippen molar-refractivity contribution in [2.24, 2.45) is 0 Å². The van der Waals surface area contributed by atoms with E-state index in [-0.39, 0.29) is 5.41 Å². The van der Waals surface area contributed by atoms with Crippen LogP contribution < -0.4 is 4.74 Å². The second-order valence-corrected chi connectivity index (χ2v) is 5.49. The van der Waals surface area contributed by atoms with Gasteiger partial charge in [0.05, 0.1) is 12.5 Å². The lowest BCUT2D eigenvalue weighted by Gasteiger charge is -2.04. The van der Waals surface area contributed by atoms with E-state index >= 15 is 0 Å². The van der Waals surface area contributed by atoms with Gasteiger partial charge in [0.25, 0.3) is 0 Å². The van der Waals surface area contributed by atoms with Crippen LogP contribution >= 0.6 is 0 Å². The molecule has 4 rings (SSSR count). The van der Waals surface area contributed by atoms with E-state index in [1.165, 1.54) is 0 Å². The van der Waals surface area contributed by atoms with Gasteiger partial charge >= 0.3 is 0 Å². The average molecular weight is 277 g/mol. The number of allylic oxidation sites excluding steroid dienone is 2. The van der Waals surface area contributed by atoms with Crippen LogP contribution in [0.1, 0.15) is 12.7 Å². The highest BCUT2D eigenvalue weighted by molar-refractivity contribution is 5.90. The van der Waals surface area contributed by atoms with Crippen molar-refractivity contribution in [1.29, 1.82) is 0 Å². The molecule has 0 fully saturated rings. The Bertz CT molecular complexity index is 840. The fraction of sp³-hybridized carbons (Fsp3) is 0.176. The molecular formula is C17H15N3O. The third-order valence-corrected chi connectivity index (χ3v) is 3.96. The summed E-state index contributed by atoms with van der Waals surface area (Å²) in [6.45, 7) is 2.14. The van der Waals surface area contributed by atoms with Crippen LogP contribution in [0.15, 0.2) is 48.7 Å². The summed E-state index contributed by atoms with van der Waals surface area (Å²) in [6, 6.07) is 9.99. The van der Waals surface area contributed by atoms with Gasteiger partial charge in [0.2, 0.25) is 0 Å². The van der Waals surface area contributed by atoms with Crippen LogP contribution in [0.25, 0.3) is 22.3 Å². The Morgan fingerprint density at radius 3 is 2.52 bits per heavy atom. The molecule has 0 spiro atoms. The quantitative estimate of drug-likeness (QED) is 0.746. The first-order valence-electron chi connectivity index (χ1n) is 6.90. The third-order valence-electron chi connectivity index (χ3n) is 3.96. The minimum absolute atomic E-state index is 0.0299. The molecule has 0 atom stereocenters. The van der Waals surface area contributed by atoms with Crippen molar-refractivity contribution in [3.63, 3.8) is 0 Å². The first-order valence-corrected chi connectivity index (χ1v) is 6.90. The summed E-state index contributed by atoms with van der Waals surface area (Å²) >= 11 is 0. The standard InChI is InChI=1S/C17H15N3O/c1-17(8-9-17)16-19-14-13(7-10-18-15(14)20-16)11-3-5-12(21-2)6-4-11/h3-10H,1-2H3,(H,18,19,20). The Kier molecular flexibility index (Phi) is 2.42. The van der Waals surface area contributed by atoms with Crippen molar-refractivity contribution in [1.82, 2.24) is 15.0 Å². The summed E-state index contributed by atoms with van der Waals surface area (Å²) in [6.07, 6.45) is 6.09. The normalized spacial score (nSPS) is 15.3. The van der Waals surface area contributed by atoms with Crippen LogP contribution in [-0.4, -0.2) is 22.1 Å². The molecule has 0 saturated carbocycles. The van der Waals surface area contributed by atoms with Crippen molar-refractivity contribution in [3.8, 4) is 16.9 Å². The molecular weight excluding hydrogens is 262 g/mol. The van der Waals surface area contributed by atoms with Gasteiger partial charge in [-0.25, -0.2) is 9.97 Å². The van der Waals surface area contributed by atoms with Crippen LogP contribution in [0.5, 0.6) is 5.75 Å². The van der Waals surface area contributed by atoms with E-state index in [1.54, 1.807) is 7.11 Å². The number of H-pyrrole nitrogens is 1. The molecule has 0 radical (unpaired) electrons. The average Bonchev–Trinajstić information content (AvgIpc) is 3.12. The maximum Gasteiger partial charge on any atom is 0.157 e. The zero-order valence-corrected chi connectivity index (χ0v) is 11.9. The summed E-state index contributed by atoms with van der Waals surface area (Å²) in [7, 11) is 1.67. The van der Waals surface area contributed by atoms with E-state index in [4.69, 9.17) is 9.72 Å². The molecule has 21 heavy (non-hydrogen) atoms. The molecule has 0 amide bonds. The molecule has 4 heteroatoms. The highest BCUT2D eigenvalue weighted by atomic mass is 16.5. The predicted molar refractivity (Wildman–Crippen MR) is 82.4 cm³/mol. The van der Waals surface area contributed by atoms with Crippen LogP contribution in [0.2, 0.25) is 0 Å². The predicted octanol–water partition coefficient (Wildman–Crippen LogP) is 3.46. The monoisotopic (exact) mass is 277 g/mol. The Morgan fingerprint density at radius 2 is 1.86 bits per heavy atom. The van der Waals surface area contributed by atoms with E-state index < -0.39 is 0 Å². The van der Waals surface area contributed by atoms with Gasteiger partial charge in [-0.3, -0.25) is 0 Å². The number of methoxy groups -OCH3 is 1. The van der Waals surface area contributed by atoms with Gasteiger partial charge in [-0.15, -0.1) is 0 Å². The van der Waals surface area contributed by atoms with E-state index in [1.807, 2.05) is 36.5 Å². The molecule has 1 aliphatic carbocycles. The summed E-state index contributed by atoms with van der Waals surface area (Å²) in [5.74, 6) is 1.80. The van der Waals surface area contributed by atoms with Gasteiger partial charge in [0.1, 0.15) is 17.1 Å². The molecule has 1 N–H and O–H groups in total. The number of nitrogens with one attached hydrogen (secondary N) is 1. The SMILES string of the molecule is COc1ccc(-c2ccnc3[nH]c(C4(C)C=C4)nc23)cc1. The van der Waals surface area contributed by atoms with Crippen molar-refractivity contribution >= 4 is 11.2 Å². The largest absolute Gasteiger partial charge is 0.497 e. The lowest BCUT2D eigenvalue weighted by Crippen LogP contribution is -2.04. The Labute approximate surface area is 122 Å². The number of hydrogen-bond acceptors (Lipinski definition) is 3. The van der Waals surface area contributed by atoms with E-state index in [2.05, 4.69) is 29.0 Å². The molecule has 4 nitrogen and oxygen atoms in total. The van der Waals surface area contributed by atoms with Crippen LogP contribution in [-0.2, 0) is 5.41 Å². The van der Waals surface area contributed by atoms with Crippen molar-refractivity contribution < 1.29 is 4.74 Å². The van der Waals surface area contributed by atoms with Crippen LogP contribution in [0.3, 0.4) is 0 Å². The smallest absolute Gasteiger partial charge is 0.157 e. The van der Waals surface area contributed by atoms with E-state index in [9.17, 15) is 0 Å². The Balaban J connectivity index is 1.85. The minimum Gasteiger partial charge on any atom is -0.497 e. The second kappa shape index (κ2) is 4.19. The zero-order chi connectivity index (χ0) is 14.4. The van der Waals surface area contributed by atoms with Crippen molar-refractivity contribution in [2.45, 2.75) is 12.3 Å². The molecule has 1 aliphatic rings. The summed E-state index contributed by atoms with van der Waals surface area (Å²) in [4.78, 5) is 12.5. The number of aromatic amines is 1.